The monoisotopic (exact) mass is 229 g/mol. The van der Waals surface area contributed by atoms with Gasteiger partial charge in [0.15, 0.2) is 0 Å². The molecule has 0 saturated heterocycles. The Morgan fingerprint density at radius 1 is 1.29 bits per heavy atom. The van der Waals surface area contributed by atoms with Crippen molar-refractivity contribution in [3.05, 3.63) is 53.3 Å². The van der Waals surface area contributed by atoms with Crippen LogP contribution in [0.3, 0.4) is 0 Å². The van der Waals surface area contributed by atoms with E-state index in [-0.39, 0.29) is 0 Å². The molecule has 0 aliphatic heterocycles. The molecule has 0 saturated carbocycles. The maximum atomic E-state index is 5.57. The molecule has 0 radical (unpaired) electrons. The summed E-state index contributed by atoms with van der Waals surface area (Å²) in [6, 6.07) is 8.66. The summed E-state index contributed by atoms with van der Waals surface area (Å²) >= 11 is 0. The quantitative estimate of drug-likeness (QED) is 0.875. The Balaban J connectivity index is 2.15. The van der Waals surface area contributed by atoms with Gasteiger partial charge >= 0.3 is 0 Å². The van der Waals surface area contributed by atoms with E-state index in [1.165, 1.54) is 11.1 Å². The van der Waals surface area contributed by atoms with Crippen molar-refractivity contribution in [3.8, 4) is 0 Å². The van der Waals surface area contributed by atoms with Crippen molar-refractivity contribution in [1.82, 2.24) is 9.78 Å². The second kappa shape index (κ2) is 5.15. The van der Waals surface area contributed by atoms with Gasteiger partial charge in [0.2, 0.25) is 0 Å². The van der Waals surface area contributed by atoms with Crippen molar-refractivity contribution in [2.45, 2.75) is 32.9 Å². The number of hydrogen-bond donors (Lipinski definition) is 1. The predicted molar refractivity (Wildman–Crippen MR) is 69.8 cm³/mol. The van der Waals surface area contributed by atoms with Gasteiger partial charge in [0.05, 0.1) is 12.7 Å². The first kappa shape index (κ1) is 11.9. The van der Waals surface area contributed by atoms with Gasteiger partial charge in [-0.2, -0.15) is 5.10 Å². The van der Waals surface area contributed by atoms with Crippen LogP contribution in [0.4, 0.5) is 0 Å². The minimum atomic E-state index is 0.548. The third-order valence-corrected chi connectivity index (χ3v) is 2.88. The van der Waals surface area contributed by atoms with E-state index in [1.54, 1.807) is 0 Å². The van der Waals surface area contributed by atoms with Crippen molar-refractivity contribution < 1.29 is 0 Å². The van der Waals surface area contributed by atoms with Crippen molar-refractivity contribution in [2.24, 2.45) is 5.73 Å². The van der Waals surface area contributed by atoms with Crippen molar-refractivity contribution in [3.63, 3.8) is 0 Å². The van der Waals surface area contributed by atoms with Gasteiger partial charge in [-0.15, -0.1) is 0 Å². The summed E-state index contributed by atoms with van der Waals surface area (Å²) in [5.41, 5.74) is 9.29. The first-order valence-electron chi connectivity index (χ1n) is 5.99. The largest absolute Gasteiger partial charge is 0.326 e. The molecule has 3 heteroatoms. The average Bonchev–Trinajstić information content (AvgIpc) is 2.77. The summed E-state index contributed by atoms with van der Waals surface area (Å²) in [5.74, 6) is 0.562. The third kappa shape index (κ3) is 2.94. The maximum absolute atomic E-state index is 5.57. The molecule has 0 fully saturated rings. The molecule has 0 atom stereocenters. The molecule has 17 heavy (non-hydrogen) atoms. The fourth-order valence-corrected chi connectivity index (χ4v) is 1.84. The Hall–Kier alpha value is -1.61. The summed E-state index contributed by atoms with van der Waals surface area (Å²) in [7, 11) is 0. The zero-order valence-electron chi connectivity index (χ0n) is 10.4. The third-order valence-electron chi connectivity index (χ3n) is 2.88. The Labute approximate surface area is 102 Å². The van der Waals surface area contributed by atoms with Gasteiger partial charge in [-0.1, -0.05) is 38.1 Å². The van der Waals surface area contributed by atoms with Crippen LogP contribution in [0.25, 0.3) is 0 Å². The van der Waals surface area contributed by atoms with Crippen LogP contribution in [0.2, 0.25) is 0 Å². The van der Waals surface area contributed by atoms with Gasteiger partial charge in [-0.25, -0.2) is 0 Å². The topological polar surface area (TPSA) is 43.8 Å². The van der Waals surface area contributed by atoms with Gasteiger partial charge in [-0.3, -0.25) is 4.68 Å². The van der Waals surface area contributed by atoms with Crippen molar-refractivity contribution >= 4 is 0 Å². The lowest BCUT2D eigenvalue weighted by molar-refractivity contribution is 0.684. The highest BCUT2D eigenvalue weighted by molar-refractivity contribution is 5.26. The van der Waals surface area contributed by atoms with E-state index in [0.29, 0.717) is 12.5 Å². The first-order chi connectivity index (χ1) is 8.19. The van der Waals surface area contributed by atoms with E-state index < -0.39 is 0 Å². The molecule has 1 aromatic heterocycles. The SMILES string of the molecule is CC(C)c1cccc(Cn2cc(CN)cn2)c1. The Bertz CT molecular complexity index is 486. The van der Waals surface area contributed by atoms with Crippen LogP contribution in [0.5, 0.6) is 0 Å². The smallest absolute Gasteiger partial charge is 0.0659 e. The van der Waals surface area contributed by atoms with Gasteiger partial charge in [-0.05, 0) is 17.0 Å². The number of benzene rings is 1. The average molecular weight is 229 g/mol. The zero-order valence-corrected chi connectivity index (χ0v) is 10.4. The molecule has 0 unspecified atom stereocenters. The van der Waals surface area contributed by atoms with Crippen LogP contribution in [-0.4, -0.2) is 9.78 Å². The lowest BCUT2D eigenvalue weighted by Gasteiger charge is -2.08. The standard InChI is InChI=1S/C14H19N3/c1-11(2)14-5-3-4-12(6-14)9-17-10-13(7-15)8-16-17/h3-6,8,10-11H,7,9,15H2,1-2H3. The minimum absolute atomic E-state index is 0.548. The van der Waals surface area contributed by atoms with Crippen LogP contribution < -0.4 is 5.73 Å². The second-order valence-electron chi connectivity index (χ2n) is 4.65. The molecular weight excluding hydrogens is 210 g/mol. The molecule has 0 spiro atoms. The summed E-state index contributed by atoms with van der Waals surface area (Å²) < 4.78 is 1.93. The zero-order chi connectivity index (χ0) is 12.3. The van der Waals surface area contributed by atoms with Gasteiger partial charge in [0.1, 0.15) is 0 Å². The van der Waals surface area contributed by atoms with E-state index in [1.807, 2.05) is 17.1 Å². The summed E-state index contributed by atoms with van der Waals surface area (Å²) in [4.78, 5) is 0. The maximum Gasteiger partial charge on any atom is 0.0659 e. The van der Waals surface area contributed by atoms with E-state index in [0.717, 1.165) is 12.1 Å². The number of nitrogens with two attached hydrogens (primary N) is 1. The van der Waals surface area contributed by atoms with Crippen LogP contribution >= 0.6 is 0 Å². The molecule has 1 heterocycles. The number of hydrogen-bond acceptors (Lipinski definition) is 2. The molecule has 2 N–H and O–H groups in total. The molecule has 2 rings (SSSR count). The van der Waals surface area contributed by atoms with Gasteiger partial charge in [0, 0.05) is 18.3 Å². The summed E-state index contributed by atoms with van der Waals surface area (Å²) in [6.07, 6.45) is 3.83. The van der Waals surface area contributed by atoms with Crippen LogP contribution in [0, 0.1) is 0 Å². The van der Waals surface area contributed by atoms with E-state index >= 15 is 0 Å². The molecule has 90 valence electrons. The highest BCUT2D eigenvalue weighted by Gasteiger charge is 2.02. The predicted octanol–water partition coefficient (Wildman–Crippen LogP) is 2.51. The minimum Gasteiger partial charge on any atom is -0.326 e. The van der Waals surface area contributed by atoms with Crippen molar-refractivity contribution in [2.75, 3.05) is 0 Å². The normalized spacial score (nSPS) is 11.1. The lowest BCUT2D eigenvalue weighted by atomic mass is 10.0. The Kier molecular flexibility index (Phi) is 3.59. The fourth-order valence-electron chi connectivity index (χ4n) is 1.84. The van der Waals surface area contributed by atoms with Crippen molar-refractivity contribution in [1.29, 1.82) is 0 Å². The molecule has 0 aliphatic rings. The molecule has 2 aromatic rings. The van der Waals surface area contributed by atoms with E-state index in [4.69, 9.17) is 5.73 Å². The highest BCUT2D eigenvalue weighted by atomic mass is 15.3. The van der Waals surface area contributed by atoms with Gasteiger partial charge < -0.3 is 5.73 Å². The van der Waals surface area contributed by atoms with E-state index in [9.17, 15) is 0 Å². The number of aromatic nitrogens is 2. The first-order valence-corrected chi connectivity index (χ1v) is 5.99. The number of rotatable bonds is 4. The fraction of sp³-hybridized carbons (Fsp3) is 0.357. The van der Waals surface area contributed by atoms with Crippen LogP contribution in [0.1, 0.15) is 36.5 Å². The number of nitrogens with zero attached hydrogens (tertiary/aromatic N) is 2. The lowest BCUT2D eigenvalue weighted by Crippen LogP contribution is -2.01. The second-order valence-corrected chi connectivity index (χ2v) is 4.65. The van der Waals surface area contributed by atoms with Crippen LogP contribution in [0.15, 0.2) is 36.7 Å². The molecule has 0 amide bonds. The van der Waals surface area contributed by atoms with Gasteiger partial charge in [0.25, 0.3) is 0 Å². The molecular formula is C14H19N3. The van der Waals surface area contributed by atoms with Crippen LogP contribution in [-0.2, 0) is 13.1 Å². The molecule has 0 bridgehead atoms. The highest BCUT2D eigenvalue weighted by Crippen LogP contribution is 2.16. The summed E-state index contributed by atoms with van der Waals surface area (Å²) in [5, 5.41) is 4.29. The molecule has 1 aromatic carbocycles. The molecule has 3 nitrogen and oxygen atoms in total. The van der Waals surface area contributed by atoms with E-state index in [2.05, 4.69) is 43.2 Å². The Morgan fingerprint density at radius 2 is 2.12 bits per heavy atom. The molecule has 0 aliphatic carbocycles. The summed E-state index contributed by atoms with van der Waals surface area (Å²) in [6.45, 7) is 5.77. The Morgan fingerprint density at radius 3 is 2.76 bits per heavy atom.